The van der Waals surface area contributed by atoms with Crippen molar-refractivity contribution in [1.82, 2.24) is 15.5 Å². The first-order valence-electron chi connectivity index (χ1n) is 10.8. The number of benzene rings is 1. The molecule has 1 aliphatic carbocycles. The third-order valence-electron chi connectivity index (χ3n) is 5.35. The highest BCUT2D eigenvalue weighted by Gasteiger charge is 2.23. The molecule has 0 bridgehead atoms. The fourth-order valence-corrected chi connectivity index (χ4v) is 3.40. The molecule has 1 saturated heterocycles. The summed E-state index contributed by atoms with van der Waals surface area (Å²) >= 11 is 0. The van der Waals surface area contributed by atoms with Gasteiger partial charge in [-0.25, -0.2) is 4.39 Å². The van der Waals surface area contributed by atoms with Gasteiger partial charge < -0.3 is 20.3 Å². The van der Waals surface area contributed by atoms with Crippen molar-refractivity contribution in [2.75, 3.05) is 32.8 Å². The molecule has 1 aromatic rings. The lowest BCUT2D eigenvalue weighted by atomic mass is 10.1. The van der Waals surface area contributed by atoms with Gasteiger partial charge in [-0.05, 0) is 63.1 Å². The van der Waals surface area contributed by atoms with E-state index in [1.807, 2.05) is 24.8 Å². The van der Waals surface area contributed by atoms with Crippen molar-refractivity contribution in [3.63, 3.8) is 0 Å². The van der Waals surface area contributed by atoms with Gasteiger partial charge in [-0.2, -0.15) is 0 Å². The molecule has 30 heavy (non-hydrogen) atoms. The Morgan fingerprint density at radius 1 is 1.40 bits per heavy atom. The number of hydrogen-bond acceptors (Lipinski definition) is 3. The Hall–Kier alpha value is -1.58. The van der Waals surface area contributed by atoms with E-state index in [1.165, 1.54) is 18.9 Å². The standard InChI is InChI=1S/C22H33FN4O2.HI/c1-3-24-22(25-11-5-13-27-12-4-6-21(27)28)26-16(2)18-9-10-20(19(23)14-18)29-15-17-7-8-17;/h9-10,14,16-17H,3-8,11-13,15H2,1-2H3,(H2,24,25,26);1H. The number of guanidine groups is 1. The molecule has 6 nitrogen and oxygen atoms in total. The van der Waals surface area contributed by atoms with Gasteiger partial charge in [-0.3, -0.25) is 9.79 Å². The zero-order valence-corrected chi connectivity index (χ0v) is 20.3. The van der Waals surface area contributed by atoms with Gasteiger partial charge in [0.05, 0.1) is 12.6 Å². The smallest absolute Gasteiger partial charge is 0.222 e. The first-order chi connectivity index (χ1) is 14.1. The van der Waals surface area contributed by atoms with Crippen LogP contribution in [0.1, 0.15) is 57.6 Å². The molecule has 0 radical (unpaired) electrons. The molecule has 2 N–H and O–H groups in total. The second kappa shape index (κ2) is 12.3. The fraction of sp³-hybridized carbons (Fsp3) is 0.636. The highest BCUT2D eigenvalue weighted by molar-refractivity contribution is 14.0. The van der Waals surface area contributed by atoms with Gasteiger partial charge in [0, 0.05) is 32.6 Å². The molecule has 0 spiro atoms. The van der Waals surface area contributed by atoms with Crippen LogP contribution in [0.3, 0.4) is 0 Å². The summed E-state index contributed by atoms with van der Waals surface area (Å²) in [4.78, 5) is 18.2. The summed E-state index contributed by atoms with van der Waals surface area (Å²) in [6.07, 6.45) is 4.83. The SMILES string of the molecule is CCNC(=NCCCN1CCCC1=O)NC(C)c1ccc(OCC2CC2)c(F)c1.I. The summed E-state index contributed by atoms with van der Waals surface area (Å²) in [5.74, 6) is 1.54. The fourth-order valence-electron chi connectivity index (χ4n) is 3.40. The Morgan fingerprint density at radius 3 is 2.83 bits per heavy atom. The minimum absolute atomic E-state index is 0. The number of hydrogen-bond donors (Lipinski definition) is 2. The lowest BCUT2D eigenvalue weighted by molar-refractivity contribution is -0.127. The normalized spacial score (nSPS) is 17.5. The van der Waals surface area contributed by atoms with E-state index >= 15 is 0 Å². The topological polar surface area (TPSA) is 66.0 Å². The quantitative estimate of drug-likeness (QED) is 0.208. The number of ether oxygens (including phenoxy) is 1. The van der Waals surface area contributed by atoms with Crippen LogP contribution < -0.4 is 15.4 Å². The minimum Gasteiger partial charge on any atom is -0.490 e. The van der Waals surface area contributed by atoms with Crippen molar-refractivity contribution >= 4 is 35.8 Å². The van der Waals surface area contributed by atoms with Gasteiger partial charge >= 0.3 is 0 Å². The van der Waals surface area contributed by atoms with Crippen molar-refractivity contribution < 1.29 is 13.9 Å². The summed E-state index contributed by atoms with van der Waals surface area (Å²) in [6, 6.07) is 5.04. The number of likely N-dealkylation sites (tertiary alicyclic amines) is 1. The highest BCUT2D eigenvalue weighted by Crippen LogP contribution is 2.30. The predicted molar refractivity (Wildman–Crippen MR) is 128 cm³/mol. The maximum absolute atomic E-state index is 14.4. The molecule has 1 saturated carbocycles. The maximum atomic E-state index is 14.4. The molecular formula is C22H34FIN4O2. The highest BCUT2D eigenvalue weighted by atomic mass is 127. The van der Waals surface area contributed by atoms with Gasteiger partial charge in [-0.15, -0.1) is 24.0 Å². The molecule has 1 aliphatic heterocycles. The van der Waals surface area contributed by atoms with Gasteiger partial charge in [0.25, 0.3) is 0 Å². The van der Waals surface area contributed by atoms with E-state index in [-0.39, 0.29) is 41.7 Å². The number of amides is 1. The van der Waals surface area contributed by atoms with Crippen LogP contribution in [0.15, 0.2) is 23.2 Å². The molecule has 1 amide bonds. The molecule has 0 aromatic heterocycles. The molecule has 3 rings (SSSR count). The van der Waals surface area contributed by atoms with Gasteiger partial charge in [0.2, 0.25) is 5.91 Å². The zero-order chi connectivity index (χ0) is 20.6. The summed E-state index contributed by atoms with van der Waals surface area (Å²) in [7, 11) is 0. The number of halogens is 2. The van der Waals surface area contributed by atoms with Crippen LogP contribution >= 0.6 is 24.0 Å². The van der Waals surface area contributed by atoms with Crippen molar-refractivity contribution in [2.45, 2.75) is 52.0 Å². The van der Waals surface area contributed by atoms with Gasteiger partial charge in [-0.1, -0.05) is 6.07 Å². The first-order valence-corrected chi connectivity index (χ1v) is 10.8. The molecule has 2 aliphatic rings. The van der Waals surface area contributed by atoms with E-state index in [2.05, 4.69) is 15.6 Å². The molecule has 1 aromatic carbocycles. The average Bonchev–Trinajstić information content (AvgIpc) is 3.44. The van der Waals surface area contributed by atoms with E-state index in [4.69, 9.17) is 4.74 Å². The lowest BCUT2D eigenvalue weighted by Crippen LogP contribution is -2.39. The summed E-state index contributed by atoms with van der Waals surface area (Å²) in [5, 5.41) is 6.56. The number of aliphatic imine (C=N–C) groups is 1. The molecular weight excluding hydrogens is 498 g/mol. The molecule has 168 valence electrons. The predicted octanol–water partition coefficient (Wildman–Crippen LogP) is 3.86. The lowest BCUT2D eigenvalue weighted by Gasteiger charge is -2.19. The van der Waals surface area contributed by atoms with E-state index in [1.54, 1.807) is 6.07 Å². The minimum atomic E-state index is -0.325. The maximum Gasteiger partial charge on any atom is 0.222 e. The molecule has 1 atom stereocenters. The van der Waals surface area contributed by atoms with Crippen LogP contribution in [-0.2, 0) is 4.79 Å². The Labute approximate surface area is 196 Å². The average molecular weight is 532 g/mol. The Kier molecular flexibility index (Phi) is 10.1. The van der Waals surface area contributed by atoms with Crippen LogP contribution in [0.5, 0.6) is 5.75 Å². The van der Waals surface area contributed by atoms with Crippen molar-refractivity contribution in [3.05, 3.63) is 29.6 Å². The van der Waals surface area contributed by atoms with Crippen LogP contribution in [0, 0.1) is 11.7 Å². The van der Waals surface area contributed by atoms with Crippen molar-refractivity contribution in [2.24, 2.45) is 10.9 Å². The molecule has 1 unspecified atom stereocenters. The Morgan fingerprint density at radius 2 is 2.20 bits per heavy atom. The first kappa shape index (κ1) is 24.7. The Balaban J connectivity index is 0.00000320. The Bertz CT molecular complexity index is 727. The van der Waals surface area contributed by atoms with E-state index < -0.39 is 0 Å². The van der Waals surface area contributed by atoms with Gasteiger partial charge in [0.15, 0.2) is 17.5 Å². The second-order valence-electron chi connectivity index (χ2n) is 7.91. The summed E-state index contributed by atoms with van der Waals surface area (Å²) < 4.78 is 19.9. The van der Waals surface area contributed by atoms with Crippen LogP contribution in [0.2, 0.25) is 0 Å². The van der Waals surface area contributed by atoms with E-state index in [0.717, 1.165) is 38.0 Å². The molecule has 1 heterocycles. The van der Waals surface area contributed by atoms with Crippen LogP contribution in [0.25, 0.3) is 0 Å². The largest absolute Gasteiger partial charge is 0.490 e. The van der Waals surface area contributed by atoms with E-state index in [9.17, 15) is 9.18 Å². The number of rotatable bonds is 10. The molecule has 2 fully saturated rings. The zero-order valence-electron chi connectivity index (χ0n) is 18.0. The van der Waals surface area contributed by atoms with Crippen molar-refractivity contribution in [1.29, 1.82) is 0 Å². The summed E-state index contributed by atoms with van der Waals surface area (Å²) in [5.41, 5.74) is 0.842. The van der Waals surface area contributed by atoms with Crippen LogP contribution in [-0.4, -0.2) is 49.6 Å². The van der Waals surface area contributed by atoms with Crippen LogP contribution in [0.4, 0.5) is 4.39 Å². The number of carbonyl (C=O) groups is 1. The van der Waals surface area contributed by atoms with Gasteiger partial charge in [0.1, 0.15) is 0 Å². The van der Waals surface area contributed by atoms with E-state index in [0.29, 0.717) is 37.2 Å². The number of nitrogens with one attached hydrogen (secondary N) is 2. The third kappa shape index (κ3) is 7.59. The number of nitrogens with zero attached hydrogens (tertiary/aromatic N) is 2. The summed E-state index contributed by atoms with van der Waals surface area (Å²) in [6.45, 7) is 7.59. The third-order valence-corrected chi connectivity index (χ3v) is 5.35. The number of carbonyl (C=O) groups excluding carboxylic acids is 1. The monoisotopic (exact) mass is 532 g/mol. The second-order valence-corrected chi connectivity index (χ2v) is 7.91. The van der Waals surface area contributed by atoms with Crippen molar-refractivity contribution in [3.8, 4) is 5.75 Å². The molecule has 8 heteroatoms.